The number of aromatic nitrogens is 3. The van der Waals surface area contributed by atoms with E-state index in [1.807, 2.05) is 12.1 Å². The number of rotatable bonds is 5. The number of hydrogen-bond acceptors (Lipinski definition) is 4. The molecule has 0 fully saturated rings. The lowest BCUT2D eigenvalue weighted by Crippen LogP contribution is -2.22. The van der Waals surface area contributed by atoms with Gasteiger partial charge in [-0.1, -0.05) is 17.3 Å². The van der Waals surface area contributed by atoms with Crippen molar-refractivity contribution in [1.29, 1.82) is 0 Å². The van der Waals surface area contributed by atoms with E-state index in [9.17, 15) is 4.79 Å². The van der Waals surface area contributed by atoms with Gasteiger partial charge in [0.05, 0.1) is 12.7 Å². The van der Waals surface area contributed by atoms with Crippen LogP contribution >= 0.6 is 0 Å². The Kier molecular flexibility index (Phi) is 3.57. The molecule has 2 rings (SSSR count). The summed E-state index contributed by atoms with van der Waals surface area (Å²) in [6, 6.07) is 7.22. The van der Waals surface area contributed by atoms with Crippen LogP contribution in [0, 0.1) is 0 Å². The van der Waals surface area contributed by atoms with Crippen LogP contribution in [0.4, 0.5) is 0 Å². The van der Waals surface area contributed by atoms with Gasteiger partial charge in [0.2, 0.25) is 0 Å². The first-order chi connectivity index (χ1) is 8.65. The Morgan fingerprint density at radius 2 is 2.17 bits per heavy atom. The zero-order valence-corrected chi connectivity index (χ0v) is 9.85. The van der Waals surface area contributed by atoms with Gasteiger partial charge < -0.3 is 9.84 Å². The summed E-state index contributed by atoms with van der Waals surface area (Å²) in [4.78, 5) is 10.6. The molecule has 0 aliphatic rings. The first-order valence-corrected chi connectivity index (χ1v) is 5.47. The van der Waals surface area contributed by atoms with Crippen LogP contribution in [0.15, 0.2) is 36.7 Å². The molecule has 1 atom stereocenters. The van der Waals surface area contributed by atoms with E-state index in [0.717, 1.165) is 5.56 Å². The minimum absolute atomic E-state index is 0.534. The van der Waals surface area contributed by atoms with Gasteiger partial charge >= 0.3 is 5.97 Å². The zero-order chi connectivity index (χ0) is 13.0. The van der Waals surface area contributed by atoms with E-state index < -0.39 is 12.1 Å². The predicted octanol–water partition coefficient (Wildman–Crippen LogP) is 1.18. The fourth-order valence-electron chi connectivity index (χ4n) is 1.43. The van der Waals surface area contributed by atoms with Gasteiger partial charge in [-0.25, -0.2) is 9.48 Å². The topological polar surface area (TPSA) is 77.2 Å². The highest BCUT2D eigenvalue weighted by atomic mass is 16.5. The van der Waals surface area contributed by atoms with Gasteiger partial charge in [0.15, 0.2) is 6.10 Å². The molecule has 1 N–H and O–H groups in total. The molecule has 1 aromatic heterocycles. The van der Waals surface area contributed by atoms with Gasteiger partial charge in [-0.3, -0.25) is 0 Å². The zero-order valence-electron chi connectivity index (χ0n) is 9.85. The van der Waals surface area contributed by atoms with Crippen LogP contribution < -0.4 is 4.74 Å². The van der Waals surface area contributed by atoms with Crippen molar-refractivity contribution in [2.45, 2.75) is 19.6 Å². The number of ether oxygens (including phenoxy) is 1. The highest BCUT2D eigenvalue weighted by Gasteiger charge is 2.11. The second-order valence-electron chi connectivity index (χ2n) is 3.84. The number of aliphatic carboxylic acids is 1. The van der Waals surface area contributed by atoms with Crippen LogP contribution in [-0.4, -0.2) is 32.2 Å². The van der Waals surface area contributed by atoms with Crippen LogP contribution in [-0.2, 0) is 11.3 Å². The Balaban J connectivity index is 1.99. The average Bonchev–Trinajstić information content (AvgIpc) is 2.84. The molecule has 6 nitrogen and oxygen atoms in total. The SMILES string of the molecule is CC(Oc1ccc(Cn2ccnn2)cc1)C(=O)O. The summed E-state index contributed by atoms with van der Waals surface area (Å²) in [6.07, 6.45) is 2.54. The number of carboxylic acid groups (broad SMARTS) is 1. The smallest absolute Gasteiger partial charge is 0.344 e. The van der Waals surface area contributed by atoms with Crippen LogP contribution in [0.2, 0.25) is 0 Å². The minimum Gasteiger partial charge on any atom is -0.479 e. The monoisotopic (exact) mass is 247 g/mol. The molecule has 0 spiro atoms. The number of hydrogen-bond donors (Lipinski definition) is 1. The Hall–Kier alpha value is -2.37. The summed E-state index contributed by atoms with van der Waals surface area (Å²) >= 11 is 0. The maximum absolute atomic E-state index is 10.6. The van der Waals surface area contributed by atoms with Crippen LogP contribution in [0.1, 0.15) is 12.5 Å². The lowest BCUT2D eigenvalue weighted by molar-refractivity contribution is -0.144. The van der Waals surface area contributed by atoms with Gasteiger partial charge in [0, 0.05) is 6.20 Å². The maximum atomic E-state index is 10.6. The Labute approximate surface area is 104 Å². The first-order valence-electron chi connectivity index (χ1n) is 5.47. The third-order valence-corrected chi connectivity index (χ3v) is 2.40. The summed E-state index contributed by atoms with van der Waals surface area (Å²) in [5.74, 6) is -0.450. The van der Waals surface area contributed by atoms with E-state index in [1.54, 1.807) is 29.2 Å². The van der Waals surface area contributed by atoms with E-state index in [1.165, 1.54) is 6.92 Å². The first kappa shape index (κ1) is 12.1. The minimum atomic E-state index is -0.985. The normalized spacial score (nSPS) is 12.1. The summed E-state index contributed by atoms with van der Waals surface area (Å²) in [5, 5.41) is 16.3. The van der Waals surface area contributed by atoms with Crippen molar-refractivity contribution in [2.75, 3.05) is 0 Å². The van der Waals surface area contributed by atoms with Crippen molar-refractivity contribution < 1.29 is 14.6 Å². The molecule has 0 aliphatic carbocycles. The van der Waals surface area contributed by atoms with Crippen LogP contribution in [0.25, 0.3) is 0 Å². The standard InChI is InChI=1S/C12H13N3O3/c1-9(12(16)17)18-11-4-2-10(3-5-11)8-15-7-6-13-14-15/h2-7,9H,8H2,1H3,(H,16,17). The quantitative estimate of drug-likeness (QED) is 0.858. The number of carboxylic acids is 1. The molecule has 18 heavy (non-hydrogen) atoms. The van der Waals surface area contributed by atoms with Crippen LogP contribution in [0.3, 0.4) is 0 Å². The summed E-state index contributed by atoms with van der Waals surface area (Å²) < 4.78 is 6.94. The molecule has 1 heterocycles. The van der Waals surface area contributed by atoms with Gasteiger partial charge in [-0.05, 0) is 24.6 Å². The van der Waals surface area contributed by atoms with E-state index in [2.05, 4.69) is 10.3 Å². The second kappa shape index (κ2) is 5.31. The molecule has 0 radical (unpaired) electrons. The van der Waals surface area contributed by atoms with Gasteiger partial charge in [0.1, 0.15) is 5.75 Å². The number of carbonyl (C=O) groups is 1. The number of benzene rings is 1. The molecular formula is C12H13N3O3. The van der Waals surface area contributed by atoms with Gasteiger partial charge in [0.25, 0.3) is 0 Å². The Morgan fingerprint density at radius 1 is 1.44 bits per heavy atom. The van der Waals surface area contributed by atoms with E-state index >= 15 is 0 Å². The molecule has 94 valence electrons. The van der Waals surface area contributed by atoms with Crippen molar-refractivity contribution in [2.24, 2.45) is 0 Å². The molecule has 2 aromatic rings. The largest absolute Gasteiger partial charge is 0.479 e. The average molecular weight is 247 g/mol. The lowest BCUT2D eigenvalue weighted by atomic mass is 10.2. The second-order valence-corrected chi connectivity index (χ2v) is 3.84. The molecular weight excluding hydrogens is 234 g/mol. The third kappa shape index (κ3) is 3.07. The predicted molar refractivity (Wildman–Crippen MR) is 63.3 cm³/mol. The molecule has 6 heteroatoms. The van der Waals surface area contributed by atoms with Crippen molar-refractivity contribution in [1.82, 2.24) is 15.0 Å². The third-order valence-electron chi connectivity index (χ3n) is 2.40. The van der Waals surface area contributed by atoms with E-state index in [-0.39, 0.29) is 0 Å². The van der Waals surface area contributed by atoms with Crippen molar-refractivity contribution in [3.05, 3.63) is 42.2 Å². The molecule has 1 aromatic carbocycles. The molecule has 0 aliphatic heterocycles. The van der Waals surface area contributed by atoms with Gasteiger partial charge in [-0.15, -0.1) is 5.10 Å². The highest BCUT2D eigenvalue weighted by Crippen LogP contribution is 2.14. The Morgan fingerprint density at radius 3 is 2.72 bits per heavy atom. The van der Waals surface area contributed by atoms with E-state index in [0.29, 0.717) is 12.3 Å². The fourth-order valence-corrected chi connectivity index (χ4v) is 1.43. The summed E-state index contributed by atoms with van der Waals surface area (Å²) in [5.41, 5.74) is 1.04. The molecule has 0 saturated heterocycles. The van der Waals surface area contributed by atoms with Crippen molar-refractivity contribution in [3.8, 4) is 5.75 Å². The molecule has 0 saturated carbocycles. The molecule has 0 bridgehead atoms. The van der Waals surface area contributed by atoms with E-state index in [4.69, 9.17) is 9.84 Å². The lowest BCUT2D eigenvalue weighted by Gasteiger charge is -2.10. The van der Waals surface area contributed by atoms with Crippen molar-refractivity contribution >= 4 is 5.97 Å². The highest BCUT2D eigenvalue weighted by molar-refractivity contribution is 5.72. The number of nitrogens with zero attached hydrogens (tertiary/aromatic N) is 3. The summed E-state index contributed by atoms with van der Waals surface area (Å²) in [7, 11) is 0. The fraction of sp³-hybridized carbons (Fsp3) is 0.250. The van der Waals surface area contributed by atoms with Gasteiger partial charge in [-0.2, -0.15) is 0 Å². The maximum Gasteiger partial charge on any atom is 0.344 e. The van der Waals surface area contributed by atoms with Crippen molar-refractivity contribution in [3.63, 3.8) is 0 Å². The Bertz CT molecular complexity index is 508. The van der Waals surface area contributed by atoms with Crippen LogP contribution in [0.5, 0.6) is 5.75 Å². The molecule has 1 unspecified atom stereocenters. The summed E-state index contributed by atoms with van der Waals surface area (Å²) in [6.45, 7) is 2.11. The molecule has 0 amide bonds.